The number of hydrogen-bond donors (Lipinski definition) is 2. The van der Waals surface area contributed by atoms with Gasteiger partial charge in [-0.3, -0.25) is 9.78 Å². The predicted octanol–water partition coefficient (Wildman–Crippen LogP) is 3.81. The van der Waals surface area contributed by atoms with Gasteiger partial charge in [-0.1, -0.05) is 18.2 Å². The molecule has 0 radical (unpaired) electrons. The average molecular weight is 496 g/mol. The number of nitrogens with zero attached hydrogens (tertiary/aromatic N) is 2. The number of fused-ring (bicyclic) bond motifs is 1. The maximum atomic E-state index is 13.5. The lowest BCUT2D eigenvalue weighted by molar-refractivity contribution is -0.124. The van der Waals surface area contributed by atoms with Gasteiger partial charge in [0.15, 0.2) is 0 Å². The van der Waals surface area contributed by atoms with Crippen LogP contribution in [0.4, 0.5) is 4.39 Å². The van der Waals surface area contributed by atoms with Gasteiger partial charge < -0.3 is 14.8 Å². The highest BCUT2D eigenvalue weighted by atomic mass is 32.2. The lowest BCUT2D eigenvalue weighted by atomic mass is 10.1. The van der Waals surface area contributed by atoms with Gasteiger partial charge in [-0.2, -0.15) is 4.31 Å². The summed E-state index contributed by atoms with van der Waals surface area (Å²) in [5.41, 5.74) is 1.94. The van der Waals surface area contributed by atoms with Gasteiger partial charge in [0.1, 0.15) is 23.2 Å². The van der Waals surface area contributed by atoms with Crippen molar-refractivity contribution in [1.82, 2.24) is 14.6 Å². The van der Waals surface area contributed by atoms with Gasteiger partial charge >= 0.3 is 0 Å². The van der Waals surface area contributed by atoms with Crippen molar-refractivity contribution < 1.29 is 27.1 Å². The zero-order valence-electron chi connectivity index (χ0n) is 18.5. The van der Waals surface area contributed by atoms with E-state index in [0.29, 0.717) is 35.2 Å². The summed E-state index contributed by atoms with van der Waals surface area (Å²) in [4.78, 5) is 17.5. The highest BCUT2D eigenvalue weighted by Crippen LogP contribution is 2.31. The molecule has 2 aromatic carbocycles. The number of aromatic nitrogens is 1. The van der Waals surface area contributed by atoms with E-state index in [2.05, 4.69) is 10.3 Å². The van der Waals surface area contributed by atoms with Crippen LogP contribution in [0.3, 0.4) is 0 Å². The van der Waals surface area contributed by atoms with Crippen LogP contribution in [0, 0.1) is 5.82 Å². The molecule has 8 nitrogen and oxygen atoms in total. The standard InChI is InChI=1S/C25H22FN3O5S/c26-17-10-11-23-16(13-17)14-24(34-23)35(32,33)29-12-4-8-21(29)25(31)27-15-18-5-3-7-20(28-18)19-6-1-2-9-22(19)30/h1-3,5-7,9-11,13-14,21,30H,4,8,12,15H2,(H,27,31)/t21-/m0/s1. The molecule has 0 saturated carbocycles. The van der Waals surface area contributed by atoms with E-state index in [9.17, 15) is 22.7 Å². The number of carbonyl (C=O) groups excluding carboxylic acids is 1. The Bertz CT molecular complexity index is 1520. The summed E-state index contributed by atoms with van der Waals surface area (Å²) in [7, 11) is -4.10. The molecule has 180 valence electrons. The van der Waals surface area contributed by atoms with Gasteiger partial charge in [0.05, 0.1) is 17.9 Å². The van der Waals surface area contributed by atoms with Crippen LogP contribution in [0.15, 0.2) is 76.2 Å². The van der Waals surface area contributed by atoms with Crippen molar-refractivity contribution in [3.05, 3.63) is 78.2 Å². The topological polar surface area (TPSA) is 113 Å². The molecule has 1 fully saturated rings. The first-order valence-corrected chi connectivity index (χ1v) is 12.5. The van der Waals surface area contributed by atoms with Crippen LogP contribution in [0.25, 0.3) is 22.2 Å². The van der Waals surface area contributed by atoms with E-state index >= 15 is 0 Å². The number of nitrogens with one attached hydrogen (secondary N) is 1. The molecule has 35 heavy (non-hydrogen) atoms. The van der Waals surface area contributed by atoms with Crippen molar-refractivity contribution in [2.24, 2.45) is 0 Å². The molecule has 0 bridgehead atoms. The summed E-state index contributed by atoms with van der Waals surface area (Å²) >= 11 is 0. The van der Waals surface area contributed by atoms with Gasteiger partial charge in [-0.05, 0) is 55.3 Å². The maximum Gasteiger partial charge on any atom is 0.277 e. The van der Waals surface area contributed by atoms with Crippen LogP contribution in [0.1, 0.15) is 18.5 Å². The van der Waals surface area contributed by atoms with E-state index in [-0.39, 0.29) is 29.5 Å². The molecule has 1 amide bonds. The normalized spacial score (nSPS) is 16.5. The number of benzene rings is 2. The van der Waals surface area contributed by atoms with Crippen molar-refractivity contribution in [3.63, 3.8) is 0 Å². The summed E-state index contributed by atoms with van der Waals surface area (Å²) in [6.45, 7) is 0.265. The SMILES string of the molecule is O=C(NCc1cccc(-c2ccccc2O)n1)[C@@H]1CCCN1S(=O)(=O)c1cc2cc(F)ccc2o1. The number of sulfonamides is 1. The Kier molecular flexibility index (Phi) is 6.00. The highest BCUT2D eigenvalue weighted by molar-refractivity contribution is 7.89. The average Bonchev–Trinajstić information content (AvgIpc) is 3.51. The number of carbonyl (C=O) groups is 1. The number of pyridine rings is 1. The number of rotatable bonds is 6. The molecule has 1 aliphatic heterocycles. The molecule has 1 aliphatic rings. The number of phenols is 1. The Labute approximate surface area is 201 Å². The van der Waals surface area contributed by atoms with Crippen LogP contribution in [-0.2, 0) is 21.4 Å². The van der Waals surface area contributed by atoms with Crippen LogP contribution in [-0.4, -0.2) is 41.3 Å². The number of phenolic OH excluding ortho intramolecular Hbond substituents is 1. The smallest absolute Gasteiger partial charge is 0.277 e. The van der Waals surface area contributed by atoms with Gasteiger partial charge in [0, 0.05) is 23.6 Å². The summed E-state index contributed by atoms with van der Waals surface area (Å²) in [6, 6.07) is 16.2. The monoisotopic (exact) mass is 495 g/mol. The molecule has 1 saturated heterocycles. The predicted molar refractivity (Wildman–Crippen MR) is 126 cm³/mol. The van der Waals surface area contributed by atoms with Crippen molar-refractivity contribution in [2.75, 3.05) is 6.54 Å². The zero-order valence-corrected chi connectivity index (χ0v) is 19.3. The largest absolute Gasteiger partial charge is 0.507 e. The minimum Gasteiger partial charge on any atom is -0.507 e. The van der Waals surface area contributed by atoms with Crippen molar-refractivity contribution in [3.8, 4) is 17.0 Å². The number of hydrogen-bond acceptors (Lipinski definition) is 6. The van der Waals surface area contributed by atoms with Crippen LogP contribution in [0.5, 0.6) is 5.75 Å². The second-order valence-electron chi connectivity index (χ2n) is 8.27. The summed E-state index contributed by atoms with van der Waals surface area (Å²) in [6.07, 6.45) is 0.887. The van der Waals surface area contributed by atoms with Crippen LogP contribution >= 0.6 is 0 Å². The first kappa shape index (κ1) is 23.0. The highest BCUT2D eigenvalue weighted by Gasteiger charge is 2.41. The summed E-state index contributed by atoms with van der Waals surface area (Å²) in [5.74, 6) is -0.842. The van der Waals surface area contributed by atoms with E-state index in [4.69, 9.17) is 4.42 Å². The number of aromatic hydroxyl groups is 1. The second-order valence-corrected chi connectivity index (χ2v) is 10.1. The molecule has 2 aromatic heterocycles. The fourth-order valence-corrected chi connectivity index (χ4v) is 5.84. The van der Waals surface area contributed by atoms with E-state index in [1.54, 1.807) is 42.5 Å². The summed E-state index contributed by atoms with van der Waals surface area (Å²) < 4.78 is 46.6. The number of furan rings is 1. The molecule has 0 spiro atoms. The van der Waals surface area contributed by atoms with Gasteiger partial charge in [0.25, 0.3) is 10.0 Å². The van der Waals surface area contributed by atoms with E-state index in [1.807, 2.05) is 0 Å². The number of para-hydroxylation sites is 1. The number of halogens is 1. The minimum atomic E-state index is -4.10. The van der Waals surface area contributed by atoms with Gasteiger partial charge in [-0.25, -0.2) is 12.8 Å². The molecule has 2 N–H and O–H groups in total. The summed E-state index contributed by atoms with van der Waals surface area (Å²) in [5, 5.41) is 12.9. The minimum absolute atomic E-state index is 0.0918. The molecule has 1 atom stereocenters. The fraction of sp³-hybridized carbons (Fsp3) is 0.200. The molecular formula is C25H22FN3O5S. The molecule has 5 rings (SSSR count). The quantitative estimate of drug-likeness (QED) is 0.421. The van der Waals surface area contributed by atoms with Gasteiger partial charge in [-0.15, -0.1) is 0 Å². The fourth-order valence-electron chi connectivity index (χ4n) is 4.24. The lowest BCUT2D eigenvalue weighted by Crippen LogP contribution is -2.45. The van der Waals surface area contributed by atoms with Crippen molar-refractivity contribution in [1.29, 1.82) is 0 Å². The third-order valence-corrected chi connectivity index (χ3v) is 7.72. The second kappa shape index (κ2) is 9.12. The first-order chi connectivity index (χ1) is 16.8. The third kappa shape index (κ3) is 4.50. The number of amides is 1. The van der Waals surface area contributed by atoms with Crippen molar-refractivity contribution in [2.45, 2.75) is 30.5 Å². The third-order valence-electron chi connectivity index (χ3n) is 5.96. The van der Waals surface area contributed by atoms with Crippen molar-refractivity contribution >= 4 is 26.9 Å². The molecule has 0 aliphatic carbocycles. The van der Waals surface area contributed by atoms with E-state index in [1.165, 1.54) is 24.3 Å². The molecular weight excluding hydrogens is 473 g/mol. The molecule has 10 heteroatoms. The Morgan fingerprint density at radius 2 is 1.97 bits per heavy atom. The van der Waals surface area contributed by atoms with Gasteiger partial charge in [0.2, 0.25) is 11.0 Å². The molecule has 4 aromatic rings. The lowest BCUT2D eigenvalue weighted by Gasteiger charge is -2.22. The Morgan fingerprint density at radius 3 is 2.80 bits per heavy atom. The molecule has 0 unspecified atom stereocenters. The van der Waals surface area contributed by atoms with Crippen LogP contribution < -0.4 is 5.32 Å². The zero-order chi connectivity index (χ0) is 24.6. The Hall–Kier alpha value is -3.76. The molecule has 3 heterocycles. The Morgan fingerprint density at radius 1 is 1.14 bits per heavy atom. The first-order valence-electron chi connectivity index (χ1n) is 11.1. The Balaban J connectivity index is 1.31. The van der Waals surface area contributed by atoms with E-state index < -0.39 is 27.8 Å². The maximum absolute atomic E-state index is 13.5. The van der Waals surface area contributed by atoms with E-state index in [0.717, 1.165) is 4.31 Å². The van der Waals surface area contributed by atoms with Crippen LogP contribution in [0.2, 0.25) is 0 Å².